The van der Waals surface area contributed by atoms with Crippen LogP contribution < -0.4 is 4.90 Å². The number of rotatable bonds is 7. The smallest absolute Gasteiger partial charge is 0.0541 e. The van der Waals surface area contributed by atoms with E-state index in [1.165, 1.54) is 54.7 Å². The monoisotopic (exact) mass is 841 g/mol. The molecule has 0 saturated carbocycles. The van der Waals surface area contributed by atoms with Crippen molar-refractivity contribution in [3.8, 4) is 33.6 Å². The lowest BCUT2D eigenvalue weighted by molar-refractivity contribution is 0.590. The van der Waals surface area contributed by atoms with E-state index in [0.717, 1.165) is 50.7 Å². The van der Waals surface area contributed by atoms with Crippen LogP contribution >= 0.6 is 0 Å². The van der Waals surface area contributed by atoms with E-state index in [0.29, 0.717) is 0 Å². The summed E-state index contributed by atoms with van der Waals surface area (Å²) in [5, 5.41) is 4.98. The predicted molar refractivity (Wildman–Crippen MR) is 274 cm³/mol. The maximum Gasteiger partial charge on any atom is 0.0541 e. The molecule has 0 spiro atoms. The lowest BCUT2D eigenvalue weighted by atomic mass is 9.85. The van der Waals surface area contributed by atoms with Gasteiger partial charge >= 0.3 is 0 Å². The van der Waals surface area contributed by atoms with E-state index in [1.807, 2.05) is 24.8 Å². The minimum atomic E-state index is -0.00568. The number of para-hydroxylation sites is 2. The normalized spacial score (nSPS) is 12.2. The molecule has 11 rings (SSSR count). The molecule has 0 N–H and O–H groups in total. The van der Waals surface area contributed by atoms with Crippen LogP contribution in [0.5, 0.6) is 0 Å². The molecule has 0 saturated heterocycles. The summed E-state index contributed by atoms with van der Waals surface area (Å²) in [5.41, 5.74) is 17.2. The van der Waals surface area contributed by atoms with Gasteiger partial charge in [0.05, 0.1) is 39.1 Å². The highest BCUT2D eigenvalue weighted by Gasteiger charge is 2.24. The number of anilines is 3. The summed E-state index contributed by atoms with van der Waals surface area (Å²) in [6.45, 7) is 13.8. The molecule has 0 unspecified atom stereocenters. The minimum Gasteiger partial charge on any atom is -0.310 e. The first-order valence-electron chi connectivity index (χ1n) is 22.5. The van der Waals surface area contributed by atoms with Gasteiger partial charge in [-0.05, 0) is 147 Å². The van der Waals surface area contributed by atoms with Gasteiger partial charge in [-0.15, -0.1) is 0 Å². The molecule has 0 bridgehead atoms. The van der Waals surface area contributed by atoms with Crippen LogP contribution in [-0.4, -0.2) is 19.1 Å². The van der Waals surface area contributed by atoms with Crippen molar-refractivity contribution in [3.05, 3.63) is 212 Å². The van der Waals surface area contributed by atoms with E-state index < -0.39 is 0 Å². The van der Waals surface area contributed by atoms with Crippen LogP contribution in [0.3, 0.4) is 0 Å². The molecule has 0 aliphatic rings. The molecule has 0 aliphatic carbocycles. The largest absolute Gasteiger partial charge is 0.310 e. The van der Waals surface area contributed by atoms with Gasteiger partial charge < -0.3 is 14.0 Å². The number of benzene rings is 7. The first-order valence-corrected chi connectivity index (χ1v) is 22.5. The maximum absolute atomic E-state index is 4.27. The molecule has 65 heavy (non-hydrogen) atoms. The Morgan fingerprint density at radius 1 is 0.338 bits per heavy atom. The van der Waals surface area contributed by atoms with Crippen LogP contribution in [0.25, 0.3) is 77.2 Å². The highest BCUT2D eigenvalue weighted by atomic mass is 15.1. The fourth-order valence-corrected chi connectivity index (χ4v) is 9.54. The Hall–Kier alpha value is -7.76. The molecule has 0 amide bonds. The number of pyridine rings is 2. The third-order valence-corrected chi connectivity index (χ3v) is 13.0. The average Bonchev–Trinajstić information content (AvgIpc) is 3.84. The molecule has 0 atom stereocenters. The minimum absolute atomic E-state index is 0.00568. The van der Waals surface area contributed by atoms with Crippen molar-refractivity contribution in [1.82, 2.24) is 19.1 Å². The molecular weight excluding hydrogens is 791 g/mol. The van der Waals surface area contributed by atoms with Gasteiger partial charge in [-0.1, -0.05) is 114 Å². The number of hydrogen-bond acceptors (Lipinski definition) is 3. The molecule has 0 radical (unpaired) electrons. The zero-order valence-corrected chi connectivity index (χ0v) is 37.8. The summed E-state index contributed by atoms with van der Waals surface area (Å²) < 4.78 is 4.93. The first kappa shape index (κ1) is 40.0. The Balaban J connectivity index is 1.21. The number of fused-ring (bicyclic) bond motifs is 6. The summed E-state index contributed by atoms with van der Waals surface area (Å²) in [5.74, 6) is 0. The lowest BCUT2D eigenvalue weighted by Gasteiger charge is -2.28. The fraction of sp³-hybridized carbons (Fsp3) is 0.133. The summed E-state index contributed by atoms with van der Waals surface area (Å²) in [6.07, 6.45) is 7.41. The van der Waals surface area contributed by atoms with Crippen LogP contribution in [0.2, 0.25) is 0 Å². The fourth-order valence-electron chi connectivity index (χ4n) is 9.54. The van der Waals surface area contributed by atoms with Crippen LogP contribution in [0.4, 0.5) is 17.1 Å². The average molecular weight is 842 g/mol. The van der Waals surface area contributed by atoms with Crippen molar-refractivity contribution in [2.45, 2.75) is 52.4 Å². The first-order chi connectivity index (χ1) is 31.5. The van der Waals surface area contributed by atoms with Gasteiger partial charge in [0.2, 0.25) is 0 Å². The van der Waals surface area contributed by atoms with Gasteiger partial charge in [-0.25, -0.2) is 0 Å². The third-order valence-electron chi connectivity index (χ3n) is 13.0. The summed E-state index contributed by atoms with van der Waals surface area (Å²) in [6, 6.07) is 64.9. The quantitative estimate of drug-likeness (QED) is 0.160. The van der Waals surface area contributed by atoms with Crippen molar-refractivity contribution < 1.29 is 0 Å². The van der Waals surface area contributed by atoms with Gasteiger partial charge in [0.1, 0.15) is 0 Å². The second kappa shape index (κ2) is 15.5. The van der Waals surface area contributed by atoms with E-state index >= 15 is 0 Å². The molecular formula is C60H51N5. The van der Waals surface area contributed by atoms with E-state index in [4.69, 9.17) is 0 Å². The zero-order chi connectivity index (χ0) is 44.5. The molecule has 0 fully saturated rings. The Morgan fingerprint density at radius 3 is 1.11 bits per heavy atom. The van der Waals surface area contributed by atoms with Crippen molar-refractivity contribution in [3.63, 3.8) is 0 Å². The maximum atomic E-state index is 4.27. The molecule has 0 aliphatic heterocycles. The highest BCUT2D eigenvalue weighted by molar-refractivity contribution is 6.11. The molecule has 316 valence electrons. The zero-order valence-electron chi connectivity index (χ0n) is 37.8. The van der Waals surface area contributed by atoms with Gasteiger partial charge in [0, 0.05) is 57.7 Å². The van der Waals surface area contributed by atoms with Crippen molar-refractivity contribution in [2.75, 3.05) is 4.90 Å². The van der Waals surface area contributed by atoms with E-state index in [-0.39, 0.29) is 10.8 Å². The van der Waals surface area contributed by atoms with Crippen molar-refractivity contribution in [2.24, 2.45) is 0 Å². The Bertz CT molecular complexity index is 3320. The van der Waals surface area contributed by atoms with Gasteiger partial charge in [-0.3, -0.25) is 9.97 Å². The lowest BCUT2D eigenvalue weighted by Crippen LogP contribution is -2.12. The van der Waals surface area contributed by atoms with Gasteiger partial charge in [-0.2, -0.15) is 0 Å². The van der Waals surface area contributed by atoms with Crippen LogP contribution in [0, 0.1) is 0 Å². The molecule has 4 heterocycles. The molecule has 7 aromatic carbocycles. The second-order valence-corrected chi connectivity index (χ2v) is 19.3. The Morgan fingerprint density at radius 2 is 0.708 bits per heavy atom. The second-order valence-electron chi connectivity index (χ2n) is 19.3. The molecule has 5 nitrogen and oxygen atoms in total. The van der Waals surface area contributed by atoms with Crippen molar-refractivity contribution >= 4 is 60.7 Å². The Labute approximate surface area is 380 Å². The van der Waals surface area contributed by atoms with Crippen LogP contribution in [0.15, 0.2) is 201 Å². The summed E-state index contributed by atoms with van der Waals surface area (Å²) in [4.78, 5) is 10.9. The van der Waals surface area contributed by atoms with Gasteiger partial charge in [0.15, 0.2) is 0 Å². The Kier molecular flexibility index (Phi) is 9.55. The van der Waals surface area contributed by atoms with Crippen molar-refractivity contribution in [1.29, 1.82) is 0 Å². The summed E-state index contributed by atoms with van der Waals surface area (Å²) >= 11 is 0. The van der Waals surface area contributed by atoms with E-state index in [1.54, 1.807) is 0 Å². The number of hydrogen-bond donors (Lipinski definition) is 0. The van der Waals surface area contributed by atoms with Gasteiger partial charge in [0.25, 0.3) is 0 Å². The topological polar surface area (TPSA) is 38.9 Å². The molecule has 4 aromatic heterocycles. The van der Waals surface area contributed by atoms with E-state index in [2.05, 4.69) is 241 Å². The third kappa shape index (κ3) is 7.14. The SMILES string of the molecule is CC(C)(C)c1ccc2c(c1)c1cc(C(C)(C)C)ccc1n2-c1cc(N(c2ccc(-c3ccncc3)cc2)c2ccc(-c3ccncc3)cc2)cc(-n2c3ccccc3c3ccccc32)c1. The standard InChI is InChI=1S/C60H51N5/c1-59(2,3)44-19-25-57-53(35-44)54-36-45(60(4,5)6)20-26-58(54)65(57)50-38-48(37-49(39-50)64-55-13-9-7-11-51(55)52-12-8-10-14-56(52)64)63(46-21-15-40(16-22-46)42-27-31-61-32-28-42)47-23-17-41(18-24-47)43-29-33-62-34-30-43/h7-39H,1-6H3. The van der Waals surface area contributed by atoms with Crippen LogP contribution in [-0.2, 0) is 10.8 Å². The number of aromatic nitrogens is 4. The summed E-state index contributed by atoms with van der Waals surface area (Å²) in [7, 11) is 0. The molecule has 11 aromatic rings. The highest BCUT2D eigenvalue weighted by Crippen LogP contribution is 2.43. The molecule has 5 heteroatoms. The van der Waals surface area contributed by atoms with E-state index in [9.17, 15) is 0 Å². The van der Waals surface area contributed by atoms with Crippen LogP contribution in [0.1, 0.15) is 52.7 Å². The number of nitrogens with zero attached hydrogens (tertiary/aromatic N) is 5. The predicted octanol–water partition coefficient (Wildman–Crippen LogP) is 16.1.